The number of carbonyl (C=O) groups excluding carboxylic acids is 2. The van der Waals surface area contributed by atoms with Gasteiger partial charge in [-0.05, 0) is 63.5 Å². The number of ether oxygens (including phenoxy) is 5. The Balaban J connectivity index is 1.74. The van der Waals surface area contributed by atoms with E-state index < -0.39 is 5.97 Å². The molecular weight excluding hydrogens is 532 g/mol. The van der Waals surface area contributed by atoms with Gasteiger partial charge in [-0.25, -0.2) is 4.79 Å². The van der Waals surface area contributed by atoms with Crippen molar-refractivity contribution in [2.75, 3.05) is 47.6 Å². The van der Waals surface area contributed by atoms with E-state index in [9.17, 15) is 14.9 Å². The standard InChI is InChI=1S/C26H25BrN2O7/c1-32-22-14-17(12-19(16-28)26(31)29-8-10-35-11-9-29)4-6-21(22)36-24(30)7-5-18-13-20(27)25(34-3)23(15-18)33-2/h4-7,12-15H,8-11H2,1-3H3/b7-5+,19-12+. The minimum atomic E-state index is -0.622. The first kappa shape index (κ1) is 26.8. The largest absolute Gasteiger partial charge is 0.493 e. The smallest absolute Gasteiger partial charge is 0.336 e. The molecule has 0 unspecified atom stereocenters. The van der Waals surface area contributed by atoms with Crippen LogP contribution in [0.2, 0.25) is 0 Å². The average Bonchev–Trinajstić information content (AvgIpc) is 2.90. The second kappa shape index (κ2) is 12.8. The molecule has 10 heteroatoms. The minimum Gasteiger partial charge on any atom is -0.493 e. The van der Waals surface area contributed by atoms with Gasteiger partial charge in [0.05, 0.1) is 39.0 Å². The number of rotatable bonds is 8. The maximum absolute atomic E-state index is 12.6. The summed E-state index contributed by atoms with van der Waals surface area (Å²) in [7, 11) is 4.49. The zero-order valence-corrected chi connectivity index (χ0v) is 21.7. The van der Waals surface area contributed by atoms with Crippen LogP contribution in [-0.4, -0.2) is 64.4 Å². The van der Waals surface area contributed by atoms with Gasteiger partial charge in [0.15, 0.2) is 23.0 Å². The Morgan fingerprint density at radius 1 is 1.00 bits per heavy atom. The molecule has 36 heavy (non-hydrogen) atoms. The van der Waals surface area contributed by atoms with Crippen molar-refractivity contribution in [2.45, 2.75) is 0 Å². The van der Waals surface area contributed by atoms with E-state index in [1.54, 1.807) is 35.2 Å². The number of amides is 1. The van der Waals surface area contributed by atoms with E-state index in [0.717, 1.165) is 0 Å². The zero-order valence-electron chi connectivity index (χ0n) is 20.1. The molecular formula is C26H25BrN2O7. The molecule has 0 aromatic heterocycles. The fraction of sp³-hybridized carbons (Fsp3) is 0.269. The van der Waals surface area contributed by atoms with Crippen LogP contribution < -0.4 is 18.9 Å². The topological polar surface area (TPSA) is 107 Å². The Bertz CT molecular complexity index is 1230. The van der Waals surface area contributed by atoms with Crippen molar-refractivity contribution in [2.24, 2.45) is 0 Å². The highest BCUT2D eigenvalue weighted by atomic mass is 79.9. The average molecular weight is 557 g/mol. The number of benzene rings is 2. The van der Waals surface area contributed by atoms with Crippen LogP contribution >= 0.6 is 15.9 Å². The van der Waals surface area contributed by atoms with Crippen LogP contribution in [0.3, 0.4) is 0 Å². The third-order valence-electron chi connectivity index (χ3n) is 5.23. The summed E-state index contributed by atoms with van der Waals surface area (Å²) in [4.78, 5) is 26.7. The number of esters is 1. The van der Waals surface area contributed by atoms with Gasteiger partial charge in [0.25, 0.3) is 5.91 Å². The Kier molecular flexibility index (Phi) is 9.50. The highest BCUT2D eigenvalue weighted by Crippen LogP contribution is 2.36. The zero-order chi connectivity index (χ0) is 26.1. The van der Waals surface area contributed by atoms with Crippen LogP contribution in [0.1, 0.15) is 11.1 Å². The lowest BCUT2D eigenvalue weighted by atomic mass is 10.1. The second-order valence-corrected chi connectivity index (χ2v) is 8.33. The molecule has 1 aliphatic rings. The van der Waals surface area contributed by atoms with Crippen molar-refractivity contribution in [3.05, 3.63) is 57.6 Å². The number of nitriles is 1. The fourth-order valence-electron chi connectivity index (χ4n) is 3.44. The first-order valence-electron chi connectivity index (χ1n) is 10.9. The SMILES string of the molecule is COc1cc(/C=C(\C#N)C(=O)N2CCOCC2)ccc1OC(=O)/C=C/c1cc(Br)c(OC)c(OC)c1. The normalized spacial score (nSPS) is 13.8. The van der Waals surface area contributed by atoms with E-state index in [1.807, 2.05) is 6.07 Å². The second-order valence-electron chi connectivity index (χ2n) is 7.48. The molecule has 0 radical (unpaired) electrons. The summed E-state index contributed by atoms with van der Waals surface area (Å²) in [5.41, 5.74) is 1.24. The monoisotopic (exact) mass is 556 g/mol. The molecule has 3 rings (SSSR count). The van der Waals surface area contributed by atoms with E-state index >= 15 is 0 Å². The molecule has 2 aromatic carbocycles. The van der Waals surface area contributed by atoms with Gasteiger partial charge in [0.2, 0.25) is 0 Å². The molecule has 0 aliphatic carbocycles. The van der Waals surface area contributed by atoms with Crippen LogP contribution in [-0.2, 0) is 14.3 Å². The summed E-state index contributed by atoms with van der Waals surface area (Å²) in [5.74, 6) is 0.535. The molecule has 188 valence electrons. The van der Waals surface area contributed by atoms with Crippen molar-refractivity contribution in [1.82, 2.24) is 4.90 Å². The highest BCUT2D eigenvalue weighted by molar-refractivity contribution is 9.10. The summed E-state index contributed by atoms with van der Waals surface area (Å²) in [6.07, 6.45) is 4.32. The summed E-state index contributed by atoms with van der Waals surface area (Å²) in [6.45, 7) is 1.75. The van der Waals surface area contributed by atoms with Crippen molar-refractivity contribution < 1.29 is 33.3 Å². The van der Waals surface area contributed by atoms with Crippen LogP contribution in [0.5, 0.6) is 23.0 Å². The lowest BCUT2D eigenvalue weighted by Gasteiger charge is -2.26. The number of hydrogen-bond acceptors (Lipinski definition) is 8. The van der Waals surface area contributed by atoms with E-state index in [-0.39, 0.29) is 23.0 Å². The van der Waals surface area contributed by atoms with E-state index in [2.05, 4.69) is 15.9 Å². The molecule has 1 saturated heterocycles. The molecule has 0 atom stereocenters. The Morgan fingerprint density at radius 3 is 2.33 bits per heavy atom. The maximum atomic E-state index is 12.6. The van der Waals surface area contributed by atoms with E-state index in [1.165, 1.54) is 39.5 Å². The Morgan fingerprint density at radius 2 is 1.69 bits per heavy atom. The van der Waals surface area contributed by atoms with E-state index in [0.29, 0.717) is 53.4 Å². The van der Waals surface area contributed by atoms with Gasteiger partial charge in [-0.1, -0.05) is 6.07 Å². The third-order valence-corrected chi connectivity index (χ3v) is 5.82. The first-order chi connectivity index (χ1) is 17.4. The van der Waals surface area contributed by atoms with Gasteiger partial charge in [0, 0.05) is 19.2 Å². The van der Waals surface area contributed by atoms with Crippen LogP contribution in [0.4, 0.5) is 0 Å². The molecule has 2 aromatic rings. The van der Waals surface area contributed by atoms with Gasteiger partial charge in [-0.15, -0.1) is 0 Å². The number of hydrogen-bond donors (Lipinski definition) is 0. The van der Waals surface area contributed by atoms with Gasteiger partial charge < -0.3 is 28.6 Å². The molecule has 1 fully saturated rings. The number of carbonyl (C=O) groups is 2. The number of methoxy groups -OCH3 is 3. The fourth-order valence-corrected chi connectivity index (χ4v) is 4.07. The van der Waals surface area contributed by atoms with Gasteiger partial charge in [-0.2, -0.15) is 5.26 Å². The molecule has 1 heterocycles. The van der Waals surface area contributed by atoms with Crippen molar-refractivity contribution in [1.29, 1.82) is 5.26 Å². The predicted octanol–water partition coefficient (Wildman–Crippen LogP) is 3.86. The van der Waals surface area contributed by atoms with Gasteiger partial charge in [-0.3, -0.25) is 4.79 Å². The summed E-state index contributed by atoms with van der Waals surface area (Å²) in [5, 5.41) is 9.50. The van der Waals surface area contributed by atoms with Gasteiger partial charge in [0.1, 0.15) is 11.6 Å². The van der Waals surface area contributed by atoms with E-state index in [4.69, 9.17) is 23.7 Å². The summed E-state index contributed by atoms with van der Waals surface area (Å²) in [6, 6.07) is 10.2. The molecule has 9 nitrogen and oxygen atoms in total. The van der Waals surface area contributed by atoms with Crippen LogP contribution in [0, 0.1) is 11.3 Å². The quantitative estimate of drug-likeness (QED) is 0.209. The number of nitrogens with zero attached hydrogens (tertiary/aromatic N) is 2. The molecule has 1 amide bonds. The predicted molar refractivity (Wildman–Crippen MR) is 136 cm³/mol. The van der Waals surface area contributed by atoms with Crippen molar-refractivity contribution >= 4 is 40.0 Å². The molecule has 0 N–H and O–H groups in total. The number of halogens is 1. The Hall–Kier alpha value is -3.81. The molecule has 0 bridgehead atoms. The molecule has 0 spiro atoms. The van der Waals surface area contributed by atoms with Gasteiger partial charge >= 0.3 is 5.97 Å². The van der Waals surface area contributed by atoms with Crippen molar-refractivity contribution in [3.8, 4) is 29.1 Å². The van der Waals surface area contributed by atoms with Crippen molar-refractivity contribution in [3.63, 3.8) is 0 Å². The Labute approximate surface area is 217 Å². The first-order valence-corrected chi connectivity index (χ1v) is 11.7. The molecule has 0 saturated carbocycles. The number of morpholine rings is 1. The lowest BCUT2D eigenvalue weighted by molar-refractivity contribution is -0.130. The maximum Gasteiger partial charge on any atom is 0.336 e. The lowest BCUT2D eigenvalue weighted by Crippen LogP contribution is -2.41. The third kappa shape index (κ3) is 6.65. The summed E-state index contributed by atoms with van der Waals surface area (Å²) >= 11 is 3.41. The molecule has 1 aliphatic heterocycles. The highest BCUT2D eigenvalue weighted by Gasteiger charge is 2.21. The summed E-state index contributed by atoms with van der Waals surface area (Å²) < 4.78 is 27.3. The van der Waals surface area contributed by atoms with Crippen LogP contribution in [0.25, 0.3) is 12.2 Å². The van der Waals surface area contributed by atoms with Crippen LogP contribution in [0.15, 0.2) is 46.5 Å². The minimum absolute atomic E-state index is 0.00675.